The zero-order valence-electron chi connectivity index (χ0n) is 13.4. The van der Waals surface area contributed by atoms with Crippen molar-refractivity contribution in [3.8, 4) is 11.8 Å². The molecule has 1 amide bonds. The number of hydrogen-bond donors (Lipinski definition) is 1. The number of rotatable bonds is 1. The van der Waals surface area contributed by atoms with E-state index in [4.69, 9.17) is 16.6 Å². The maximum Gasteiger partial charge on any atom is 0.263 e. The lowest BCUT2D eigenvalue weighted by Gasteiger charge is -1.94. The van der Waals surface area contributed by atoms with Crippen molar-refractivity contribution in [1.29, 1.82) is 0 Å². The van der Waals surface area contributed by atoms with Crippen molar-refractivity contribution in [2.75, 3.05) is 0 Å². The second-order valence-corrected chi connectivity index (χ2v) is 7.20. The fourth-order valence-corrected chi connectivity index (χ4v) is 3.43. The van der Waals surface area contributed by atoms with Crippen LogP contribution in [0.3, 0.4) is 0 Å². The Morgan fingerprint density at radius 3 is 2.78 bits per heavy atom. The van der Waals surface area contributed by atoms with Crippen LogP contribution < -0.4 is 5.32 Å². The number of carbonyl (C=O) groups excluding carboxylic acids is 1. The molecule has 8 heteroatoms. The minimum absolute atomic E-state index is 0.276. The number of aromatic nitrogens is 1. The zero-order chi connectivity index (χ0) is 19.0. The number of furan rings is 1. The lowest BCUT2D eigenvalue weighted by molar-refractivity contribution is -0.115. The average Bonchev–Trinajstić information content (AvgIpc) is 3.18. The lowest BCUT2D eigenvalue weighted by atomic mass is 10.2. The molecule has 1 aliphatic heterocycles. The first-order valence-electron chi connectivity index (χ1n) is 7.59. The summed E-state index contributed by atoms with van der Waals surface area (Å²) in [5.74, 6) is 3.90. The summed E-state index contributed by atoms with van der Waals surface area (Å²) >= 11 is 6.11. The molecule has 27 heavy (non-hydrogen) atoms. The number of hydrogen-bond acceptors (Lipinski definition) is 5. The molecule has 132 valence electrons. The van der Waals surface area contributed by atoms with E-state index in [0.29, 0.717) is 37.1 Å². The van der Waals surface area contributed by atoms with Crippen molar-refractivity contribution in [1.82, 2.24) is 10.3 Å². The predicted octanol–water partition coefficient (Wildman–Crippen LogP) is 3.99. The van der Waals surface area contributed by atoms with Crippen LogP contribution in [0.25, 0.3) is 17.0 Å². The molecule has 0 atom stereocenters. The molecule has 0 radical (unpaired) electrons. The molecule has 1 N–H and O–H groups in total. The molecule has 0 aliphatic carbocycles. The van der Waals surface area contributed by atoms with Crippen molar-refractivity contribution in [3.63, 3.8) is 0 Å². The first-order chi connectivity index (χ1) is 13.0. The van der Waals surface area contributed by atoms with E-state index in [1.54, 1.807) is 18.3 Å². The molecule has 0 bridgehead atoms. The summed E-state index contributed by atoms with van der Waals surface area (Å²) in [6.45, 7) is 0. The van der Waals surface area contributed by atoms with Crippen LogP contribution >= 0.6 is 24.0 Å². The molecule has 3 heterocycles. The molecule has 1 fully saturated rings. The second-order valence-electron chi connectivity index (χ2n) is 5.49. The summed E-state index contributed by atoms with van der Waals surface area (Å²) in [4.78, 5) is 16.3. The van der Waals surface area contributed by atoms with E-state index in [2.05, 4.69) is 22.1 Å². The summed E-state index contributed by atoms with van der Waals surface area (Å²) in [7, 11) is 0. The molecule has 4 rings (SSSR count). The van der Waals surface area contributed by atoms with Crippen molar-refractivity contribution in [2.45, 2.75) is 0 Å². The van der Waals surface area contributed by atoms with Gasteiger partial charge in [-0.05, 0) is 24.3 Å². The maximum atomic E-state index is 13.3. The van der Waals surface area contributed by atoms with Crippen LogP contribution in [0.1, 0.15) is 16.9 Å². The number of thioether (sulfide) groups is 1. The van der Waals surface area contributed by atoms with E-state index in [0.717, 1.165) is 23.9 Å². The van der Waals surface area contributed by atoms with Crippen LogP contribution in [0.4, 0.5) is 8.78 Å². The number of benzene rings is 1. The molecule has 0 spiro atoms. The Labute approximate surface area is 161 Å². The van der Waals surface area contributed by atoms with Crippen LogP contribution in [0, 0.1) is 23.5 Å². The fraction of sp³-hybridized carbons (Fsp3) is 0. The SMILES string of the molecule is O=C1NC(=S)S/C1=C/c1cc2cncc(C#Cc3ccc(F)c(F)c3)c2o1. The highest BCUT2D eigenvalue weighted by atomic mass is 32.2. The topological polar surface area (TPSA) is 55.1 Å². The number of pyridine rings is 1. The quantitative estimate of drug-likeness (QED) is 0.382. The van der Waals surface area contributed by atoms with Crippen LogP contribution in [-0.2, 0) is 4.79 Å². The van der Waals surface area contributed by atoms with E-state index >= 15 is 0 Å². The summed E-state index contributed by atoms with van der Waals surface area (Å²) in [6, 6.07) is 5.15. The Bertz CT molecular complexity index is 1210. The smallest absolute Gasteiger partial charge is 0.263 e. The molecule has 3 aromatic rings. The van der Waals surface area contributed by atoms with Gasteiger partial charge < -0.3 is 9.73 Å². The van der Waals surface area contributed by atoms with Crippen LogP contribution in [0.2, 0.25) is 0 Å². The lowest BCUT2D eigenvalue weighted by Crippen LogP contribution is -2.17. The second kappa shape index (κ2) is 6.95. The van der Waals surface area contributed by atoms with E-state index in [-0.39, 0.29) is 5.91 Å². The molecule has 2 aromatic heterocycles. The summed E-state index contributed by atoms with van der Waals surface area (Å²) in [6.07, 6.45) is 4.71. The largest absolute Gasteiger partial charge is 0.455 e. The summed E-state index contributed by atoms with van der Waals surface area (Å²) < 4.78 is 32.5. The van der Waals surface area contributed by atoms with Gasteiger partial charge in [0.05, 0.1) is 10.5 Å². The van der Waals surface area contributed by atoms with E-state index < -0.39 is 11.6 Å². The molecule has 1 saturated heterocycles. The number of halogens is 2. The maximum absolute atomic E-state index is 13.3. The van der Waals surface area contributed by atoms with E-state index in [9.17, 15) is 13.6 Å². The van der Waals surface area contributed by atoms with Gasteiger partial charge in [-0.3, -0.25) is 9.78 Å². The molecule has 4 nitrogen and oxygen atoms in total. The first kappa shape index (κ1) is 17.4. The van der Waals surface area contributed by atoms with Gasteiger partial charge in [-0.25, -0.2) is 8.78 Å². The number of nitrogens with zero attached hydrogens (tertiary/aromatic N) is 1. The molecule has 1 aromatic carbocycles. The first-order valence-corrected chi connectivity index (χ1v) is 8.81. The van der Waals surface area contributed by atoms with Crippen molar-refractivity contribution < 1.29 is 18.0 Å². The molecular weight excluding hydrogens is 390 g/mol. The highest BCUT2D eigenvalue weighted by Gasteiger charge is 2.22. The Morgan fingerprint density at radius 2 is 2.04 bits per heavy atom. The van der Waals surface area contributed by atoms with Crippen molar-refractivity contribution in [2.24, 2.45) is 0 Å². The normalized spacial score (nSPS) is 15.1. The van der Waals surface area contributed by atoms with Gasteiger partial charge in [0.15, 0.2) is 17.2 Å². The van der Waals surface area contributed by atoms with Crippen molar-refractivity contribution in [3.05, 3.63) is 70.1 Å². The average molecular weight is 398 g/mol. The predicted molar refractivity (Wildman–Crippen MR) is 103 cm³/mol. The van der Waals surface area contributed by atoms with Gasteiger partial charge in [-0.15, -0.1) is 0 Å². The Kier molecular flexibility index (Phi) is 4.48. The van der Waals surface area contributed by atoms with E-state index in [1.807, 2.05) is 0 Å². The number of thiocarbonyl (C=S) groups is 1. The fourth-order valence-electron chi connectivity index (χ4n) is 2.41. The Balaban J connectivity index is 1.71. The Morgan fingerprint density at radius 1 is 1.19 bits per heavy atom. The Hall–Kier alpha value is -3.02. The molecule has 0 saturated carbocycles. The van der Waals surface area contributed by atoms with E-state index in [1.165, 1.54) is 12.3 Å². The third kappa shape index (κ3) is 3.60. The number of amides is 1. The highest BCUT2D eigenvalue weighted by molar-refractivity contribution is 8.26. The minimum atomic E-state index is -0.963. The molecule has 0 unspecified atom stereocenters. The summed E-state index contributed by atoms with van der Waals surface area (Å²) in [5.41, 5.74) is 1.30. The van der Waals surface area contributed by atoms with Crippen molar-refractivity contribution >= 4 is 51.3 Å². The van der Waals surface area contributed by atoms with Gasteiger partial charge >= 0.3 is 0 Å². The standard InChI is InChI=1S/C19H8F2N2O2S2/c20-14-4-2-10(5-15(14)21)1-3-11-8-22-9-12-6-13(25-17(11)12)7-16-18(24)23-19(26)27-16/h2,4-9H,(H,23,24,26)/b16-7+. The minimum Gasteiger partial charge on any atom is -0.455 e. The number of nitrogens with one attached hydrogen (secondary N) is 1. The van der Waals surface area contributed by atoms with Crippen LogP contribution in [0.5, 0.6) is 0 Å². The monoisotopic (exact) mass is 398 g/mol. The van der Waals surface area contributed by atoms with Gasteiger partial charge in [-0.1, -0.05) is 35.8 Å². The van der Waals surface area contributed by atoms with Crippen LogP contribution in [-0.4, -0.2) is 15.2 Å². The number of fused-ring (bicyclic) bond motifs is 1. The third-order valence-corrected chi connectivity index (χ3v) is 4.78. The van der Waals surface area contributed by atoms with Gasteiger partial charge in [0.25, 0.3) is 5.91 Å². The molecule has 1 aliphatic rings. The van der Waals surface area contributed by atoms with Gasteiger partial charge in [0.1, 0.15) is 10.1 Å². The zero-order valence-corrected chi connectivity index (χ0v) is 15.0. The highest BCUT2D eigenvalue weighted by Crippen LogP contribution is 2.29. The van der Waals surface area contributed by atoms with Gasteiger partial charge in [-0.2, -0.15) is 0 Å². The van der Waals surface area contributed by atoms with Crippen LogP contribution in [0.15, 0.2) is 46.0 Å². The third-order valence-electron chi connectivity index (χ3n) is 3.62. The van der Waals surface area contributed by atoms with Gasteiger partial charge in [0, 0.05) is 29.4 Å². The summed E-state index contributed by atoms with van der Waals surface area (Å²) in [5, 5.41) is 3.23. The number of carbonyl (C=O) groups is 1. The van der Waals surface area contributed by atoms with Gasteiger partial charge in [0.2, 0.25) is 0 Å². The molecular formula is C19H8F2N2O2S2.